The maximum Gasteiger partial charge on any atom is 0.191 e. The van der Waals surface area contributed by atoms with Gasteiger partial charge in [-0.25, -0.2) is 4.99 Å². The maximum atomic E-state index is 5.78. The van der Waals surface area contributed by atoms with Crippen LogP contribution in [0.1, 0.15) is 56.6 Å². The molecule has 1 aromatic carbocycles. The number of benzene rings is 1. The third kappa shape index (κ3) is 10.8. The molecule has 0 aliphatic carbocycles. The van der Waals surface area contributed by atoms with Gasteiger partial charge in [0.2, 0.25) is 0 Å². The standard InChI is InChI=1S/C25H42N4O2.HI/c1-2-26-25(27-13-7-16-30-20-24-12-17-31-21-24)28-18-22-8-10-23(11-9-22)19-29-14-5-3-4-6-15-29;/h8-11,24H,2-7,12-21H2,1H3,(H2,26,27,28);1H. The van der Waals surface area contributed by atoms with Crippen molar-refractivity contribution in [3.05, 3.63) is 35.4 Å². The van der Waals surface area contributed by atoms with Crippen LogP contribution in [0.4, 0.5) is 0 Å². The van der Waals surface area contributed by atoms with Gasteiger partial charge in [-0.2, -0.15) is 0 Å². The molecule has 1 unspecified atom stereocenters. The van der Waals surface area contributed by atoms with Crippen molar-refractivity contribution in [3.8, 4) is 0 Å². The first-order valence-corrected chi connectivity index (χ1v) is 12.3. The Hall–Kier alpha value is -0.900. The Bertz CT molecular complexity index is 627. The van der Waals surface area contributed by atoms with Crippen molar-refractivity contribution in [1.29, 1.82) is 0 Å². The molecule has 0 saturated carbocycles. The molecule has 2 N–H and O–H groups in total. The van der Waals surface area contributed by atoms with Crippen LogP contribution in [0.3, 0.4) is 0 Å². The minimum absolute atomic E-state index is 0. The lowest BCUT2D eigenvalue weighted by atomic mass is 10.1. The lowest BCUT2D eigenvalue weighted by Gasteiger charge is -2.19. The van der Waals surface area contributed by atoms with E-state index in [4.69, 9.17) is 14.5 Å². The van der Waals surface area contributed by atoms with Crippen molar-refractivity contribution in [1.82, 2.24) is 15.5 Å². The van der Waals surface area contributed by atoms with E-state index in [1.54, 1.807) is 0 Å². The fourth-order valence-electron chi connectivity index (χ4n) is 4.16. The van der Waals surface area contributed by atoms with Gasteiger partial charge in [-0.05, 0) is 56.8 Å². The summed E-state index contributed by atoms with van der Waals surface area (Å²) in [6.07, 6.45) is 7.57. The lowest BCUT2D eigenvalue weighted by Crippen LogP contribution is -2.38. The normalized spacial score (nSPS) is 19.9. The number of likely N-dealkylation sites (tertiary alicyclic amines) is 1. The van der Waals surface area contributed by atoms with Crippen LogP contribution in [-0.4, -0.2) is 63.5 Å². The highest BCUT2D eigenvalue weighted by Gasteiger charge is 2.15. The number of hydrogen-bond acceptors (Lipinski definition) is 4. The largest absolute Gasteiger partial charge is 0.381 e. The smallest absolute Gasteiger partial charge is 0.191 e. The van der Waals surface area contributed by atoms with Crippen LogP contribution in [0.15, 0.2) is 29.3 Å². The zero-order chi connectivity index (χ0) is 21.6. The SMILES string of the molecule is CCNC(=NCc1ccc(CN2CCCCCC2)cc1)NCCCOCC1CCOC1.I. The minimum Gasteiger partial charge on any atom is -0.381 e. The average molecular weight is 559 g/mol. The predicted molar refractivity (Wildman–Crippen MR) is 143 cm³/mol. The summed E-state index contributed by atoms with van der Waals surface area (Å²) in [4.78, 5) is 7.34. The Balaban J connectivity index is 0.00000363. The summed E-state index contributed by atoms with van der Waals surface area (Å²) < 4.78 is 11.2. The Morgan fingerprint density at radius 3 is 2.53 bits per heavy atom. The van der Waals surface area contributed by atoms with E-state index in [1.165, 1.54) is 49.9 Å². The monoisotopic (exact) mass is 558 g/mol. The van der Waals surface area contributed by atoms with E-state index in [0.717, 1.165) is 64.9 Å². The van der Waals surface area contributed by atoms with Gasteiger partial charge in [0, 0.05) is 38.8 Å². The van der Waals surface area contributed by atoms with E-state index in [0.29, 0.717) is 12.5 Å². The number of hydrogen-bond donors (Lipinski definition) is 2. The van der Waals surface area contributed by atoms with Crippen molar-refractivity contribution in [2.24, 2.45) is 10.9 Å². The van der Waals surface area contributed by atoms with Crippen LogP contribution in [0.2, 0.25) is 0 Å². The fourth-order valence-corrected chi connectivity index (χ4v) is 4.16. The Morgan fingerprint density at radius 1 is 1.09 bits per heavy atom. The number of halogens is 1. The molecular weight excluding hydrogens is 515 g/mol. The van der Waals surface area contributed by atoms with Crippen LogP contribution in [0, 0.1) is 5.92 Å². The summed E-state index contributed by atoms with van der Waals surface area (Å²) in [6.45, 7) is 11.4. The summed E-state index contributed by atoms with van der Waals surface area (Å²) >= 11 is 0. The molecule has 32 heavy (non-hydrogen) atoms. The molecule has 2 aliphatic heterocycles. The quantitative estimate of drug-likeness (QED) is 0.185. The van der Waals surface area contributed by atoms with Gasteiger partial charge >= 0.3 is 0 Å². The molecular formula is C25H43IN4O2. The number of nitrogens with zero attached hydrogens (tertiary/aromatic N) is 2. The highest BCUT2D eigenvalue weighted by Crippen LogP contribution is 2.14. The molecule has 182 valence electrons. The van der Waals surface area contributed by atoms with E-state index in [-0.39, 0.29) is 24.0 Å². The summed E-state index contributed by atoms with van der Waals surface area (Å²) in [5, 5.41) is 6.75. The van der Waals surface area contributed by atoms with Crippen molar-refractivity contribution < 1.29 is 9.47 Å². The molecule has 3 rings (SSSR count). The van der Waals surface area contributed by atoms with Crippen molar-refractivity contribution >= 4 is 29.9 Å². The second-order valence-electron chi connectivity index (χ2n) is 8.79. The van der Waals surface area contributed by atoms with Crippen LogP contribution in [0.5, 0.6) is 0 Å². The molecule has 2 saturated heterocycles. The summed E-state index contributed by atoms with van der Waals surface area (Å²) in [6, 6.07) is 8.98. The highest BCUT2D eigenvalue weighted by molar-refractivity contribution is 14.0. The predicted octanol–water partition coefficient (Wildman–Crippen LogP) is 4.18. The molecule has 7 heteroatoms. The maximum absolute atomic E-state index is 5.78. The first-order chi connectivity index (χ1) is 15.3. The summed E-state index contributed by atoms with van der Waals surface area (Å²) in [7, 11) is 0. The zero-order valence-electron chi connectivity index (χ0n) is 19.8. The third-order valence-electron chi connectivity index (χ3n) is 6.03. The molecule has 1 aromatic rings. The van der Waals surface area contributed by atoms with Gasteiger partial charge in [-0.15, -0.1) is 24.0 Å². The Morgan fingerprint density at radius 2 is 1.84 bits per heavy atom. The third-order valence-corrected chi connectivity index (χ3v) is 6.03. The Labute approximate surface area is 211 Å². The van der Waals surface area contributed by atoms with E-state index in [9.17, 15) is 0 Å². The molecule has 0 radical (unpaired) electrons. The van der Waals surface area contributed by atoms with E-state index >= 15 is 0 Å². The first kappa shape index (κ1) is 27.3. The van der Waals surface area contributed by atoms with Gasteiger partial charge in [0.1, 0.15) is 0 Å². The molecule has 2 heterocycles. The van der Waals surface area contributed by atoms with Crippen LogP contribution < -0.4 is 10.6 Å². The molecule has 0 aromatic heterocycles. The summed E-state index contributed by atoms with van der Waals surface area (Å²) in [5.74, 6) is 1.46. The Kier molecular flexibility index (Phi) is 14.2. The first-order valence-electron chi connectivity index (χ1n) is 12.3. The van der Waals surface area contributed by atoms with Crippen LogP contribution in [-0.2, 0) is 22.6 Å². The highest BCUT2D eigenvalue weighted by atomic mass is 127. The van der Waals surface area contributed by atoms with Crippen molar-refractivity contribution in [3.63, 3.8) is 0 Å². The number of aliphatic imine (C=N–C) groups is 1. The van der Waals surface area contributed by atoms with Crippen molar-refractivity contribution in [2.75, 3.05) is 52.6 Å². The number of guanidine groups is 1. The molecule has 1 atom stereocenters. The van der Waals surface area contributed by atoms with Gasteiger partial charge in [0.15, 0.2) is 5.96 Å². The second-order valence-corrected chi connectivity index (χ2v) is 8.79. The molecule has 0 spiro atoms. The number of nitrogens with one attached hydrogen (secondary N) is 2. The topological polar surface area (TPSA) is 58.1 Å². The second kappa shape index (κ2) is 16.7. The lowest BCUT2D eigenvalue weighted by molar-refractivity contribution is 0.0888. The van der Waals surface area contributed by atoms with Gasteiger partial charge < -0.3 is 20.1 Å². The fraction of sp³-hybridized carbons (Fsp3) is 0.720. The molecule has 0 bridgehead atoms. The van der Waals surface area contributed by atoms with Gasteiger partial charge in [0.05, 0.1) is 19.8 Å². The van der Waals surface area contributed by atoms with Gasteiger partial charge in [0.25, 0.3) is 0 Å². The molecule has 0 amide bonds. The van der Waals surface area contributed by atoms with Crippen LogP contribution >= 0.6 is 24.0 Å². The van der Waals surface area contributed by atoms with Crippen molar-refractivity contribution in [2.45, 2.75) is 58.5 Å². The van der Waals surface area contributed by atoms with E-state index < -0.39 is 0 Å². The molecule has 2 aliphatic rings. The zero-order valence-corrected chi connectivity index (χ0v) is 22.1. The summed E-state index contributed by atoms with van der Waals surface area (Å²) in [5.41, 5.74) is 2.66. The minimum atomic E-state index is 0. The van der Waals surface area contributed by atoms with Gasteiger partial charge in [-0.3, -0.25) is 4.90 Å². The number of ether oxygens (including phenoxy) is 2. The molecule has 6 nitrogen and oxygen atoms in total. The van der Waals surface area contributed by atoms with E-state index in [2.05, 4.69) is 46.7 Å². The van der Waals surface area contributed by atoms with E-state index in [1.807, 2.05) is 0 Å². The molecule has 2 fully saturated rings. The average Bonchev–Trinajstić information content (AvgIpc) is 3.18. The number of rotatable bonds is 11. The van der Waals surface area contributed by atoms with Gasteiger partial charge in [-0.1, -0.05) is 37.1 Å². The van der Waals surface area contributed by atoms with Crippen LogP contribution in [0.25, 0.3) is 0 Å².